The normalized spacial score (nSPS) is 11.2. The molecule has 0 aromatic heterocycles. The van der Waals surface area contributed by atoms with Crippen molar-refractivity contribution in [3.8, 4) is 0 Å². The smallest absolute Gasteiger partial charge is 0.371 e. The Balaban J connectivity index is 0. The predicted octanol–water partition coefficient (Wildman–Crippen LogP) is 5.88. The number of hydrogen-bond donors (Lipinski definition) is 2. The topological polar surface area (TPSA) is 83.8 Å². The summed E-state index contributed by atoms with van der Waals surface area (Å²) < 4.78 is 14.4. The van der Waals surface area contributed by atoms with Crippen LogP contribution in [-0.2, 0) is 33.4 Å². The Hall–Kier alpha value is 0.243. The molecule has 0 aliphatic rings. The van der Waals surface area contributed by atoms with Crippen LogP contribution in [0.2, 0.25) is 0 Å². The molecule has 0 aliphatic heterocycles. The zero-order valence-corrected chi connectivity index (χ0v) is 19.9. The van der Waals surface area contributed by atoms with Crippen molar-refractivity contribution in [3.05, 3.63) is 0 Å². The summed E-state index contributed by atoms with van der Waals surface area (Å²) >= 11 is 0. The van der Waals surface area contributed by atoms with E-state index in [1.807, 2.05) is 0 Å². The molecule has 0 amide bonds. The van der Waals surface area contributed by atoms with Gasteiger partial charge in [0, 0.05) is 25.9 Å². The van der Waals surface area contributed by atoms with Gasteiger partial charge in [-0.1, -0.05) is 96.8 Å². The maximum atomic E-state index is 11.1. The minimum absolute atomic E-state index is 0. The Morgan fingerprint density at radius 3 is 1.36 bits per heavy atom. The van der Waals surface area contributed by atoms with E-state index in [9.17, 15) is 9.36 Å². The number of carbonyl (C=O) groups excluding carboxylic acids is 1. The first-order valence-corrected chi connectivity index (χ1v) is 11.3. The van der Waals surface area contributed by atoms with E-state index in [1.165, 1.54) is 77.0 Å². The summed E-state index contributed by atoms with van der Waals surface area (Å²) in [5.41, 5.74) is 0. The monoisotopic (exact) mass is 428 g/mol. The van der Waals surface area contributed by atoms with Gasteiger partial charge in [-0.15, -0.1) is 0 Å². The number of hydrogen-bond acceptors (Lipinski definition) is 3. The fourth-order valence-corrected chi connectivity index (χ4v) is 3.18. The van der Waals surface area contributed by atoms with Gasteiger partial charge in [0.1, 0.15) is 0 Å². The van der Waals surface area contributed by atoms with Gasteiger partial charge in [-0.05, 0) is 6.42 Å². The van der Waals surface area contributed by atoms with Crippen molar-refractivity contribution in [2.24, 2.45) is 0 Å². The predicted molar refractivity (Wildman–Crippen MR) is 97.7 cm³/mol. The van der Waals surface area contributed by atoms with Gasteiger partial charge in [-0.25, -0.2) is 4.57 Å². The molecule has 5 nitrogen and oxygen atoms in total. The van der Waals surface area contributed by atoms with Crippen molar-refractivity contribution in [2.75, 3.05) is 0 Å². The van der Waals surface area contributed by atoms with Crippen LogP contribution < -0.4 is 0 Å². The molecule has 0 atom stereocenters. The molecular formula is C18H37O5PZn. The molecule has 0 saturated carbocycles. The van der Waals surface area contributed by atoms with E-state index in [2.05, 4.69) is 11.4 Å². The summed E-state index contributed by atoms with van der Waals surface area (Å²) in [6, 6.07) is 0. The van der Waals surface area contributed by atoms with Crippen LogP contribution in [0.4, 0.5) is 0 Å². The van der Waals surface area contributed by atoms with Gasteiger partial charge in [0.15, 0.2) is 0 Å². The van der Waals surface area contributed by atoms with E-state index in [-0.39, 0.29) is 25.9 Å². The quantitative estimate of drug-likeness (QED) is 0.171. The fourth-order valence-electron chi connectivity index (χ4n) is 2.82. The molecule has 0 heterocycles. The SMILES string of the molecule is CCCCCCCCCCCCCCCCCC(=O)OP(=O)(O)O.[Zn]. The van der Waals surface area contributed by atoms with E-state index in [0.717, 1.165) is 12.8 Å². The van der Waals surface area contributed by atoms with Crippen LogP contribution in [0.3, 0.4) is 0 Å². The van der Waals surface area contributed by atoms with Gasteiger partial charge in [0.05, 0.1) is 0 Å². The fraction of sp³-hybridized carbons (Fsp3) is 0.944. The number of phosphoric acid groups is 1. The maximum absolute atomic E-state index is 11.1. The molecule has 0 bridgehead atoms. The molecule has 0 aromatic rings. The summed E-state index contributed by atoms with van der Waals surface area (Å²) in [6.45, 7) is 2.25. The summed E-state index contributed by atoms with van der Waals surface area (Å²) in [5.74, 6) is -0.807. The molecule has 0 spiro atoms. The summed E-state index contributed by atoms with van der Waals surface area (Å²) in [5, 5.41) is 0. The summed E-state index contributed by atoms with van der Waals surface area (Å²) in [7, 11) is -4.66. The molecule has 7 heteroatoms. The standard InChI is InChI=1S/C18H37O5P.Zn/c1-2-3-4-5-6-7-8-9-10-11-12-13-14-15-16-17-18(19)23-24(20,21)22;/h2-17H2,1H3,(H2,20,21,22);. The number of carbonyl (C=O) groups is 1. The average Bonchev–Trinajstić information content (AvgIpc) is 2.49. The molecule has 0 saturated heterocycles. The Morgan fingerprint density at radius 2 is 1.04 bits per heavy atom. The molecule has 0 aliphatic carbocycles. The largest absolute Gasteiger partial charge is 0.526 e. The number of rotatable bonds is 17. The van der Waals surface area contributed by atoms with Gasteiger partial charge < -0.3 is 4.52 Å². The molecule has 0 unspecified atom stereocenters. The molecule has 0 radical (unpaired) electrons. The van der Waals surface area contributed by atoms with E-state index >= 15 is 0 Å². The Morgan fingerprint density at radius 1 is 0.720 bits per heavy atom. The van der Waals surface area contributed by atoms with Crippen LogP contribution >= 0.6 is 7.82 Å². The van der Waals surface area contributed by atoms with Crippen LogP contribution in [0.5, 0.6) is 0 Å². The van der Waals surface area contributed by atoms with E-state index in [4.69, 9.17) is 9.79 Å². The molecular weight excluding hydrogens is 393 g/mol. The van der Waals surface area contributed by atoms with E-state index < -0.39 is 13.8 Å². The Bertz CT molecular complexity index is 346. The molecule has 0 aromatic carbocycles. The minimum atomic E-state index is -4.66. The zero-order valence-electron chi connectivity index (χ0n) is 16.1. The van der Waals surface area contributed by atoms with Crippen LogP contribution in [0.25, 0.3) is 0 Å². The zero-order chi connectivity index (χ0) is 18.1. The van der Waals surface area contributed by atoms with Crippen molar-refractivity contribution < 1.29 is 43.1 Å². The van der Waals surface area contributed by atoms with Crippen molar-refractivity contribution in [1.82, 2.24) is 0 Å². The van der Waals surface area contributed by atoms with Gasteiger partial charge in [-0.3, -0.25) is 14.6 Å². The second-order valence-electron chi connectivity index (χ2n) is 6.65. The maximum Gasteiger partial charge on any atom is 0.526 e. The Labute approximate surface area is 166 Å². The molecule has 0 rings (SSSR count). The van der Waals surface area contributed by atoms with E-state index in [0.29, 0.717) is 6.42 Å². The van der Waals surface area contributed by atoms with Crippen molar-refractivity contribution >= 4 is 13.8 Å². The third-order valence-electron chi connectivity index (χ3n) is 4.21. The number of unbranched alkanes of at least 4 members (excludes halogenated alkanes) is 14. The van der Waals surface area contributed by atoms with Crippen LogP contribution in [0.15, 0.2) is 0 Å². The minimum Gasteiger partial charge on any atom is -0.371 e. The first kappa shape index (κ1) is 27.5. The van der Waals surface area contributed by atoms with Gasteiger partial charge in [0.2, 0.25) is 0 Å². The van der Waals surface area contributed by atoms with Crippen molar-refractivity contribution in [3.63, 3.8) is 0 Å². The first-order valence-electron chi connectivity index (χ1n) is 9.73. The second kappa shape index (κ2) is 19.0. The van der Waals surface area contributed by atoms with Crippen molar-refractivity contribution in [1.29, 1.82) is 0 Å². The molecule has 25 heavy (non-hydrogen) atoms. The molecule has 2 N–H and O–H groups in total. The second-order valence-corrected chi connectivity index (χ2v) is 7.82. The van der Waals surface area contributed by atoms with Gasteiger partial charge in [-0.2, -0.15) is 0 Å². The van der Waals surface area contributed by atoms with Crippen molar-refractivity contribution in [2.45, 2.75) is 110 Å². The summed E-state index contributed by atoms with van der Waals surface area (Å²) in [6.07, 6.45) is 18.7. The van der Waals surface area contributed by atoms with Gasteiger partial charge >= 0.3 is 13.8 Å². The van der Waals surface area contributed by atoms with Crippen LogP contribution in [0, 0.1) is 0 Å². The van der Waals surface area contributed by atoms with Gasteiger partial charge in [0.25, 0.3) is 0 Å². The third kappa shape index (κ3) is 24.2. The molecule has 0 fully saturated rings. The third-order valence-corrected chi connectivity index (χ3v) is 4.65. The first-order chi connectivity index (χ1) is 11.5. The van der Waals surface area contributed by atoms with E-state index in [1.54, 1.807) is 0 Å². The Kier molecular flexibility index (Phi) is 20.9. The van der Waals surface area contributed by atoms with Crippen LogP contribution in [-0.4, -0.2) is 15.8 Å². The number of phosphoric ester groups is 1. The molecule has 146 valence electrons. The summed E-state index contributed by atoms with van der Waals surface area (Å²) in [4.78, 5) is 28.0. The average molecular weight is 430 g/mol. The van der Waals surface area contributed by atoms with Crippen LogP contribution in [0.1, 0.15) is 110 Å².